The molecule has 0 aliphatic rings. The lowest BCUT2D eigenvalue weighted by Gasteiger charge is -2.11. The SMILES string of the molecule is c1cnc2c(c1)cc(-c1ccc(-c3ccc4ccc(-c5ccc6ccc(-c7ncncn7)nc6c5)nc4c3)cc1)c1cccnc12.c1cnc2c(c1)ccc1c(-c3ccc(-c4ccc5ccc(-c6ccc7ccc(-c8ncncn8)nc7c6)nc5c4)cc3)ccnc12. The van der Waals surface area contributed by atoms with Crippen LogP contribution in [0.5, 0.6) is 0 Å². The van der Waals surface area contributed by atoms with Gasteiger partial charge >= 0.3 is 0 Å². The van der Waals surface area contributed by atoms with Crippen molar-refractivity contribution in [3.8, 4) is 90.1 Å². The summed E-state index contributed by atoms with van der Waals surface area (Å²) in [6.07, 6.45) is 13.3. The molecule has 0 aliphatic heterocycles. The number of pyridine rings is 8. The van der Waals surface area contributed by atoms with Gasteiger partial charge < -0.3 is 0 Å². The Morgan fingerprint density at radius 1 is 0.207 bits per heavy atom. The maximum absolute atomic E-state index is 5.07. The van der Waals surface area contributed by atoms with Crippen LogP contribution in [0.25, 0.3) is 177 Å². The summed E-state index contributed by atoms with van der Waals surface area (Å²) in [5.74, 6) is 1.10. The van der Waals surface area contributed by atoms with Crippen LogP contribution in [-0.4, -0.2) is 69.8 Å². The van der Waals surface area contributed by atoms with Crippen LogP contribution in [0, 0.1) is 0 Å². The van der Waals surface area contributed by atoms with Gasteiger partial charge in [-0.15, -0.1) is 0 Å². The Bertz CT molecular complexity index is 5870. The first-order chi connectivity index (χ1) is 45.5. The fourth-order valence-electron chi connectivity index (χ4n) is 12.2. The molecule has 8 aromatic carbocycles. The maximum atomic E-state index is 5.07. The van der Waals surface area contributed by atoms with E-state index in [1.54, 1.807) is 0 Å². The molecule has 92 heavy (non-hydrogen) atoms. The molecule has 18 rings (SSSR count). The second-order valence-corrected chi connectivity index (χ2v) is 22.3. The topological polar surface area (TPSA) is 180 Å². The fourth-order valence-corrected chi connectivity index (χ4v) is 12.2. The van der Waals surface area contributed by atoms with E-state index in [2.05, 4.69) is 238 Å². The number of aromatic nitrogens is 14. The van der Waals surface area contributed by atoms with Gasteiger partial charge in [0.1, 0.15) is 36.7 Å². The quantitative estimate of drug-likeness (QED) is 0.131. The number of hydrogen-bond donors (Lipinski definition) is 0. The highest BCUT2D eigenvalue weighted by Gasteiger charge is 2.15. The number of nitrogens with zero attached hydrogens (tertiary/aromatic N) is 14. The monoisotopic (exact) mass is 1180 g/mol. The molecule has 10 heterocycles. The molecular formula is C78H46N14. The zero-order valence-corrected chi connectivity index (χ0v) is 48.8. The summed E-state index contributed by atoms with van der Waals surface area (Å²) in [7, 11) is 0. The van der Waals surface area contributed by atoms with Crippen molar-refractivity contribution in [2.75, 3.05) is 0 Å². The highest BCUT2D eigenvalue weighted by molar-refractivity contribution is 6.11. The second-order valence-electron chi connectivity index (χ2n) is 22.3. The van der Waals surface area contributed by atoms with Crippen LogP contribution in [0.4, 0.5) is 0 Å². The minimum absolute atomic E-state index is 0.548. The Morgan fingerprint density at radius 3 is 1.09 bits per heavy atom. The average Bonchev–Trinajstić information content (AvgIpc) is 0.818. The summed E-state index contributed by atoms with van der Waals surface area (Å²) in [6.45, 7) is 0. The van der Waals surface area contributed by atoms with Gasteiger partial charge in [-0.25, -0.2) is 49.8 Å². The van der Waals surface area contributed by atoms with Crippen LogP contribution in [0.3, 0.4) is 0 Å². The molecule has 0 spiro atoms. The van der Waals surface area contributed by atoms with Crippen molar-refractivity contribution in [1.29, 1.82) is 0 Å². The van der Waals surface area contributed by atoms with Crippen LogP contribution in [0.1, 0.15) is 0 Å². The zero-order chi connectivity index (χ0) is 60.9. The third-order valence-electron chi connectivity index (χ3n) is 16.8. The maximum Gasteiger partial charge on any atom is 0.181 e. The molecule has 0 radical (unpaired) electrons. The fraction of sp³-hybridized carbons (Fsp3) is 0. The molecular weight excluding hydrogens is 1130 g/mol. The summed E-state index contributed by atoms with van der Waals surface area (Å²) >= 11 is 0. The van der Waals surface area contributed by atoms with Gasteiger partial charge in [0, 0.05) is 79.0 Å². The first kappa shape index (κ1) is 53.3. The lowest BCUT2D eigenvalue weighted by atomic mass is 9.95. The van der Waals surface area contributed by atoms with Gasteiger partial charge in [-0.2, -0.15) is 0 Å². The van der Waals surface area contributed by atoms with E-state index in [-0.39, 0.29) is 0 Å². The molecule has 14 nitrogen and oxygen atoms in total. The van der Waals surface area contributed by atoms with Gasteiger partial charge in [0.2, 0.25) is 0 Å². The van der Waals surface area contributed by atoms with Gasteiger partial charge in [-0.05, 0) is 123 Å². The molecule has 0 amide bonds. The van der Waals surface area contributed by atoms with E-state index in [0.29, 0.717) is 23.0 Å². The Labute approximate surface area is 524 Å². The van der Waals surface area contributed by atoms with Gasteiger partial charge in [-0.1, -0.05) is 152 Å². The third-order valence-corrected chi connectivity index (χ3v) is 16.8. The van der Waals surface area contributed by atoms with E-state index in [9.17, 15) is 0 Å². The van der Waals surface area contributed by atoms with Crippen molar-refractivity contribution < 1.29 is 0 Å². The van der Waals surface area contributed by atoms with Crippen molar-refractivity contribution in [2.45, 2.75) is 0 Å². The van der Waals surface area contributed by atoms with Crippen LogP contribution in [-0.2, 0) is 0 Å². The molecule has 10 aromatic heterocycles. The average molecular weight is 1180 g/mol. The highest BCUT2D eigenvalue weighted by atomic mass is 15.0. The smallest absolute Gasteiger partial charge is 0.181 e. The summed E-state index contributed by atoms with van der Waals surface area (Å²) in [5, 5.41) is 8.60. The van der Waals surface area contributed by atoms with Gasteiger partial charge in [-0.3, -0.25) is 19.9 Å². The van der Waals surface area contributed by atoms with Crippen LogP contribution in [0.15, 0.2) is 281 Å². The Balaban J connectivity index is 0.000000141. The summed E-state index contributed by atoms with van der Waals surface area (Å²) < 4.78 is 0. The summed E-state index contributed by atoms with van der Waals surface area (Å²) in [6, 6.07) is 79.8. The third kappa shape index (κ3) is 10.0. The predicted octanol–water partition coefficient (Wildman–Crippen LogP) is 17.5. The Hall–Kier alpha value is -12.9. The molecule has 0 bridgehead atoms. The van der Waals surface area contributed by atoms with E-state index in [0.717, 1.165) is 154 Å². The minimum atomic E-state index is 0.548. The number of rotatable bonds is 8. The number of hydrogen-bond acceptors (Lipinski definition) is 14. The lowest BCUT2D eigenvalue weighted by molar-refractivity contribution is 1.04. The van der Waals surface area contributed by atoms with Crippen LogP contribution in [0.2, 0.25) is 0 Å². The molecule has 14 heteroatoms. The van der Waals surface area contributed by atoms with Crippen LogP contribution >= 0.6 is 0 Å². The molecule has 428 valence electrons. The molecule has 18 aromatic rings. The van der Waals surface area contributed by atoms with Crippen LogP contribution < -0.4 is 0 Å². The Kier molecular flexibility index (Phi) is 13.1. The van der Waals surface area contributed by atoms with Gasteiger partial charge in [0.05, 0.1) is 55.5 Å². The van der Waals surface area contributed by atoms with E-state index >= 15 is 0 Å². The number of benzene rings is 8. The van der Waals surface area contributed by atoms with E-state index in [4.69, 9.17) is 19.9 Å². The molecule has 0 N–H and O–H groups in total. The largest absolute Gasteiger partial charge is 0.254 e. The minimum Gasteiger partial charge on any atom is -0.254 e. The van der Waals surface area contributed by atoms with Crippen molar-refractivity contribution in [3.05, 3.63) is 281 Å². The van der Waals surface area contributed by atoms with Crippen molar-refractivity contribution in [1.82, 2.24) is 69.8 Å². The van der Waals surface area contributed by atoms with E-state index in [1.807, 2.05) is 67.3 Å². The van der Waals surface area contributed by atoms with Crippen molar-refractivity contribution in [2.24, 2.45) is 0 Å². The van der Waals surface area contributed by atoms with Crippen molar-refractivity contribution >= 4 is 87.2 Å². The predicted molar refractivity (Wildman–Crippen MR) is 366 cm³/mol. The normalized spacial score (nSPS) is 11.5. The number of fused-ring (bicyclic) bond motifs is 10. The molecule has 0 aliphatic carbocycles. The van der Waals surface area contributed by atoms with Gasteiger partial charge in [0.15, 0.2) is 11.6 Å². The Morgan fingerprint density at radius 2 is 0.565 bits per heavy atom. The molecule has 0 saturated carbocycles. The highest BCUT2D eigenvalue weighted by Crippen LogP contribution is 2.37. The first-order valence-electron chi connectivity index (χ1n) is 29.9. The summed E-state index contributed by atoms with van der Waals surface area (Å²) in [4.78, 5) is 63.1. The second kappa shape index (κ2) is 22.6. The first-order valence-corrected chi connectivity index (χ1v) is 29.9. The molecule has 0 unspecified atom stereocenters. The summed E-state index contributed by atoms with van der Waals surface area (Å²) in [5.41, 5.74) is 21.5. The lowest BCUT2D eigenvalue weighted by Crippen LogP contribution is -1.93. The van der Waals surface area contributed by atoms with Crippen molar-refractivity contribution in [3.63, 3.8) is 0 Å². The standard InChI is InChI=1S/2C39H23N7/c1-3-30-19-32(31-4-2-18-42-38(31)37(30)41-17-1)25-7-5-24(6-8-25)28-11-9-26-13-15-33(45-35(26)20-28)29-12-10-27-14-16-34(46-36(27)21-29)39-43-22-40-23-44-39;1-2-28-11-14-32-31(17-19-42-38(32)37(28)41-18-1)25-5-3-24(4-6-25)29-9-7-26-12-15-33(45-35(26)20-29)30-10-8-27-13-16-34(46-36(27)21-30)39-43-22-40-23-44-39/h2*1-23H. The van der Waals surface area contributed by atoms with E-state index in [1.165, 1.54) is 25.3 Å². The molecule has 0 saturated heterocycles. The van der Waals surface area contributed by atoms with Gasteiger partial charge in [0.25, 0.3) is 0 Å². The zero-order valence-electron chi connectivity index (χ0n) is 48.8. The molecule has 0 fully saturated rings. The van der Waals surface area contributed by atoms with E-state index < -0.39 is 0 Å². The molecule has 0 atom stereocenters.